The highest BCUT2D eigenvalue weighted by Crippen LogP contribution is 2.31. The lowest BCUT2D eigenvalue weighted by Crippen LogP contribution is -2.32. The molecule has 4 heteroatoms. The minimum absolute atomic E-state index is 0.462. The lowest BCUT2D eigenvalue weighted by atomic mass is 9.90. The predicted molar refractivity (Wildman–Crippen MR) is 73.9 cm³/mol. The molecule has 2 nitrogen and oxygen atoms in total. The van der Waals surface area contributed by atoms with E-state index in [0.717, 1.165) is 13.1 Å². The summed E-state index contributed by atoms with van der Waals surface area (Å²) >= 11 is 5.37. The number of nitrogens with zero attached hydrogens (tertiary/aromatic N) is 1. The summed E-state index contributed by atoms with van der Waals surface area (Å²) in [6.45, 7) is 7.05. The van der Waals surface area contributed by atoms with E-state index >= 15 is 0 Å². The number of thiophene rings is 1. The van der Waals surface area contributed by atoms with E-state index in [0.29, 0.717) is 5.41 Å². The highest BCUT2D eigenvalue weighted by Gasteiger charge is 2.32. The van der Waals surface area contributed by atoms with Gasteiger partial charge in [0.15, 0.2) is 0 Å². The third-order valence-electron chi connectivity index (χ3n) is 3.25. The Kier molecular flexibility index (Phi) is 4.06. The second kappa shape index (κ2) is 5.17. The van der Waals surface area contributed by atoms with Gasteiger partial charge in [0.05, 0.1) is 3.79 Å². The van der Waals surface area contributed by atoms with Crippen molar-refractivity contribution >= 4 is 27.3 Å². The van der Waals surface area contributed by atoms with E-state index in [1.54, 1.807) is 0 Å². The first-order chi connectivity index (χ1) is 7.61. The Morgan fingerprint density at radius 1 is 1.56 bits per heavy atom. The minimum atomic E-state index is 0.462. The normalized spacial score (nSPS) is 26.4. The Labute approximate surface area is 110 Å². The topological polar surface area (TPSA) is 15.3 Å². The molecule has 90 valence electrons. The fraction of sp³-hybridized carbons (Fsp3) is 0.667. The van der Waals surface area contributed by atoms with Crippen molar-refractivity contribution in [3.05, 3.63) is 20.8 Å². The van der Waals surface area contributed by atoms with Gasteiger partial charge in [0.2, 0.25) is 0 Å². The standard InChI is InChI=1S/C12H19BrN2S/c1-12(8-14-2)5-6-15(9-12)7-10-3-4-11(13)16-10/h3-4,14H,5-9H2,1-2H3. The number of rotatable bonds is 4. The molecule has 1 aromatic heterocycles. The zero-order chi connectivity index (χ0) is 11.6. The van der Waals surface area contributed by atoms with Crippen LogP contribution in [0.2, 0.25) is 0 Å². The van der Waals surface area contributed by atoms with Crippen LogP contribution in [0.5, 0.6) is 0 Å². The maximum atomic E-state index is 3.52. The van der Waals surface area contributed by atoms with Crippen molar-refractivity contribution < 1.29 is 0 Å². The van der Waals surface area contributed by atoms with Gasteiger partial charge in [-0.05, 0) is 53.5 Å². The smallest absolute Gasteiger partial charge is 0.0701 e. The van der Waals surface area contributed by atoms with Gasteiger partial charge < -0.3 is 5.32 Å². The van der Waals surface area contributed by atoms with Gasteiger partial charge in [-0.15, -0.1) is 11.3 Å². The Balaban J connectivity index is 1.89. The molecule has 1 N–H and O–H groups in total. The van der Waals surface area contributed by atoms with E-state index in [2.05, 4.69) is 45.2 Å². The summed E-state index contributed by atoms with van der Waals surface area (Å²) in [7, 11) is 2.05. The fourth-order valence-electron chi connectivity index (χ4n) is 2.49. The highest BCUT2D eigenvalue weighted by atomic mass is 79.9. The van der Waals surface area contributed by atoms with E-state index in [9.17, 15) is 0 Å². The van der Waals surface area contributed by atoms with Crippen molar-refractivity contribution in [2.75, 3.05) is 26.7 Å². The van der Waals surface area contributed by atoms with Crippen molar-refractivity contribution in [1.82, 2.24) is 10.2 Å². The van der Waals surface area contributed by atoms with Crippen molar-refractivity contribution in [2.45, 2.75) is 19.9 Å². The van der Waals surface area contributed by atoms with Gasteiger partial charge in [-0.25, -0.2) is 0 Å². The molecule has 0 aromatic carbocycles. The minimum Gasteiger partial charge on any atom is -0.319 e. The highest BCUT2D eigenvalue weighted by molar-refractivity contribution is 9.11. The second-order valence-corrected chi connectivity index (χ2v) is 7.56. The van der Waals surface area contributed by atoms with Crippen LogP contribution >= 0.6 is 27.3 Å². The van der Waals surface area contributed by atoms with E-state index in [1.807, 2.05) is 18.4 Å². The molecular weight excluding hydrogens is 284 g/mol. The third kappa shape index (κ3) is 3.06. The number of hydrogen-bond acceptors (Lipinski definition) is 3. The molecule has 1 unspecified atom stereocenters. The van der Waals surface area contributed by atoms with Gasteiger partial charge in [-0.2, -0.15) is 0 Å². The molecule has 0 aliphatic carbocycles. The summed E-state index contributed by atoms with van der Waals surface area (Å²) in [5.74, 6) is 0. The van der Waals surface area contributed by atoms with Crippen LogP contribution in [-0.4, -0.2) is 31.6 Å². The predicted octanol–water partition coefficient (Wildman–Crippen LogP) is 2.94. The Morgan fingerprint density at radius 2 is 2.38 bits per heavy atom. The largest absolute Gasteiger partial charge is 0.319 e. The van der Waals surface area contributed by atoms with Crippen LogP contribution in [0.25, 0.3) is 0 Å². The van der Waals surface area contributed by atoms with Crippen LogP contribution in [0, 0.1) is 5.41 Å². The molecule has 1 saturated heterocycles. The molecule has 1 aliphatic heterocycles. The molecule has 1 aromatic rings. The molecule has 1 aliphatic rings. The molecule has 0 bridgehead atoms. The summed E-state index contributed by atoms with van der Waals surface area (Å²) in [6.07, 6.45) is 1.31. The zero-order valence-electron chi connectivity index (χ0n) is 9.92. The number of likely N-dealkylation sites (tertiary alicyclic amines) is 1. The lowest BCUT2D eigenvalue weighted by molar-refractivity contribution is 0.267. The Morgan fingerprint density at radius 3 is 3.00 bits per heavy atom. The number of halogens is 1. The van der Waals surface area contributed by atoms with Gasteiger partial charge in [0.1, 0.15) is 0 Å². The molecule has 2 heterocycles. The SMILES string of the molecule is CNCC1(C)CCN(Cc2ccc(Br)s2)C1. The maximum Gasteiger partial charge on any atom is 0.0701 e. The van der Waals surface area contributed by atoms with Crippen LogP contribution in [0.3, 0.4) is 0 Å². The Hall–Kier alpha value is 0.1000. The summed E-state index contributed by atoms with van der Waals surface area (Å²) in [5, 5.41) is 3.31. The summed E-state index contributed by atoms with van der Waals surface area (Å²) < 4.78 is 1.24. The van der Waals surface area contributed by atoms with Crippen LogP contribution in [-0.2, 0) is 6.54 Å². The van der Waals surface area contributed by atoms with Gasteiger partial charge in [0.25, 0.3) is 0 Å². The molecule has 1 atom stereocenters. The van der Waals surface area contributed by atoms with Crippen LogP contribution in [0.4, 0.5) is 0 Å². The molecule has 0 amide bonds. The summed E-state index contributed by atoms with van der Waals surface area (Å²) in [4.78, 5) is 4.02. The quantitative estimate of drug-likeness (QED) is 0.920. The molecule has 0 radical (unpaired) electrons. The molecule has 16 heavy (non-hydrogen) atoms. The molecule has 0 saturated carbocycles. The number of hydrogen-bond donors (Lipinski definition) is 1. The maximum absolute atomic E-state index is 3.52. The molecule has 1 fully saturated rings. The van der Waals surface area contributed by atoms with E-state index in [-0.39, 0.29) is 0 Å². The zero-order valence-corrected chi connectivity index (χ0v) is 12.3. The lowest BCUT2D eigenvalue weighted by Gasteiger charge is -2.24. The van der Waals surface area contributed by atoms with Crippen molar-refractivity contribution in [1.29, 1.82) is 0 Å². The fourth-order valence-corrected chi connectivity index (χ4v) is 4.01. The molecule has 0 spiro atoms. The number of nitrogens with one attached hydrogen (secondary N) is 1. The van der Waals surface area contributed by atoms with Crippen LogP contribution < -0.4 is 5.32 Å². The first kappa shape index (κ1) is 12.6. The van der Waals surface area contributed by atoms with Crippen molar-refractivity contribution in [3.63, 3.8) is 0 Å². The van der Waals surface area contributed by atoms with Crippen LogP contribution in [0.1, 0.15) is 18.2 Å². The Bertz CT molecular complexity index is 353. The average Bonchev–Trinajstić information content (AvgIpc) is 2.75. The van der Waals surface area contributed by atoms with E-state index in [1.165, 1.54) is 28.2 Å². The second-order valence-electron chi connectivity index (χ2n) is 5.01. The third-order valence-corrected chi connectivity index (χ3v) is 4.86. The van der Waals surface area contributed by atoms with Gasteiger partial charge in [-0.3, -0.25) is 4.90 Å². The van der Waals surface area contributed by atoms with Crippen molar-refractivity contribution in [2.24, 2.45) is 5.41 Å². The van der Waals surface area contributed by atoms with Gasteiger partial charge in [-0.1, -0.05) is 6.92 Å². The van der Waals surface area contributed by atoms with Gasteiger partial charge >= 0.3 is 0 Å². The van der Waals surface area contributed by atoms with E-state index in [4.69, 9.17) is 0 Å². The average molecular weight is 303 g/mol. The monoisotopic (exact) mass is 302 g/mol. The van der Waals surface area contributed by atoms with Crippen LogP contribution in [0.15, 0.2) is 15.9 Å². The summed E-state index contributed by atoms with van der Waals surface area (Å²) in [6, 6.07) is 4.37. The summed E-state index contributed by atoms with van der Waals surface area (Å²) in [5.41, 5.74) is 0.462. The molecular formula is C12H19BrN2S. The van der Waals surface area contributed by atoms with Gasteiger partial charge in [0, 0.05) is 24.5 Å². The first-order valence-electron chi connectivity index (χ1n) is 5.72. The van der Waals surface area contributed by atoms with E-state index < -0.39 is 0 Å². The van der Waals surface area contributed by atoms with Crippen molar-refractivity contribution in [3.8, 4) is 0 Å². The first-order valence-corrected chi connectivity index (χ1v) is 7.33. The molecule has 2 rings (SSSR count).